The molecular weight excluding hydrogens is 292 g/mol. The van der Waals surface area contributed by atoms with Crippen LogP contribution in [0.3, 0.4) is 0 Å². The van der Waals surface area contributed by atoms with Gasteiger partial charge in [-0.25, -0.2) is 8.88 Å². The fourth-order valence-electron chi connectivity index (χ4n) is 1.80. The summed E-state index contributed by atoms with van der Waals surface area (Å²) in [5.41, 5.74) is 0.630. The maximum atomic E-state index is 11.3. The lowest BCUT2D eigenvalue weighted by molar-refractivity contribution is 0.0692. The Labute approximate surface area is 127 Å². The second-order valence-electron chi connectivity index (χ2n) is 4.62. The van der Waals surface area contributed by atoms with Crippen molar-refractivity contribution in [2.75, 3.05) is 0 Å². The minimum Gasteiger partial charge on any atom is -0.491 e. The highest BCUT2D eigenvalue weighted by Crippen LogP contribution is 2.25. The van der Waals surface area contributed by atoms with Gasteiger partial charge in [-0.15, -0.1) is 5.10 Å². The number of hydrogen-bond acceptors (Lipinski definition) is 5. The Hall–Kier alpha value is -2.15. The zero-order chi connectivity index (χ0) is 15.4. The molecule has 21 heavy (non-hydrogen) atoms. The molecule has 0 saturated carbocycles. The summed E-state index contributed by atoms with van der Waals surface area (Å²) >= 11 is 4.01. The molecule has 112 valence electrons. The SMILES string of the molecule is CC(C)Oc1cccc(C(=O)O)c1COc1ccn(S)n1. The van der Waals surface area contributed by atoms with Gasteiger partial charge in [0.25, 0.3) is 0 Å². The summed E-state index contributed by atoms with van der Waals surface area (Å²) in [6, 6.07) is 6.53. The normalized spacial score (nSPS) is 10.7. The minimum absolute atomic E-state index is 0.0509. The van der Waals surface area contributed by atoms with Crippen LogP contribution in [0.25, 0.3) is 0 Å². The van der Waals surface area contributed by atoms with Crippen molar-refractivity contribution in [1.82, 2.24) is 9.19 Å². The maximum Gasteiger partial charge on any atom is 0.336 e. The molecule has 0 bridgehead atoms. The summed E-state index contributed by atoms with van der Waals surface area (Å²) in [5, 5.41) is 13.2. The van der Waals surface area contributed by atoms with Crippen molar-refractivity contribution >= 4 is 18.8 Å². The smallest absolute Gasteiger partial charge is 0.336 e. The van der Waals surface area contributed by atoms with E-state index in [1.165, 1.54) is 10.2 Å². The van der Waals surface area contributed by atoms with Gasteiger partial charge in [0.05, 0.1) is 11.7 Å². The summed E-state index contributed by atoms with van der Waals surface area (Å²) in [6.45, 7) is 3.80. The molecule has 0 amide bonds. The average Bonchev–Trinajstić information content (AvgIpc) is 2.82. The molecule has 6 nitrogen and oxygen atoms in total. The number of rotatable bonds is 6. The summed E-state index contributed by atoms with van der Waals surface area (Å²) in [7, 11) is 0. The Morgan fingerprint density at radius 3 is 2.76 bits per heavy atom. The van der Waals surface area contributed by atoms with Crippen LogP contribution in [0.4, 0.5) is 0 Å². The highest BCUT2D eigenvalue weighted by atomic mass is 32.1. The summed E-state index contributed by atoms with van der Waals surface area (Å²) in [6.07, 6.45) is 1.55. The third-order valence-electron chi connectivity index (χ3n) is 2.64. The van der Waals surface area contributed by atoms with Crippen LogP contribution in [-0.2, 0) is 6.61 Å². The van der Waals surface area contributed by atoms with E-state index in [0.717, 1.165) is 0 Å². The quantitative estimate of drug-likeness (QED) is 0.803. The molecule has 0 fully saturated rings. The molecule has 1 aromatic carbocycles. The average molecular weight is 308 g/mol. The van der Waals surface area contributed by atoms with Gasteiger partial charge in [-0.1, -0.05) is 6.07 Å². The number of aromatic nitrogens is 2. The second kappa shape index (κ2) is 6.53. The van der Waals surface area contributed by atoms with Crippen LogP contribution in [0.1, 0.15) is 29.8 Å². The highest BCUT2D eigenvalue weighted by molar-refractivity contribution is 7.78. The Balaban J connectivity index is 2.27. The van der Waals surface area contributed by atoms with Crippen molar-refractivity contribution in [1.29, 1.82) is 0 Å². The first kappa shape index (κ1) is 15.2. The fraction of sp³-hybridized carbons (Fsp3) is 0.286. The zero-order valence-corrected chi connectivity index (χ0v) is 12.6. The lowest BCUT2D eigenvalue weighted by Gasteiger charge is -2.16. The number of nitrogens with zero attached hydrogens (tertiary/aromatic N) is 2. The molecular formula is C14H16N2O4S. The number of aromatic carboxylic acids is 1. The van der Waals surface area contributed by atoms with Crippen LogP contribution in [-0.4, -0.2) is 26.4 Å². The van der Waals surface area contributed by atoms with Gasteiger partial charge in [0.2, 0.25) is 5.88 Å². The van der Waals surface area contributed by atoms with Gasteiger partial charge < -0.3 is 14.6 Å². The van der Waals surface area contributed by atoms with Crippen molar-refractivity contribution in [3.63, 3.8) is 0 Å². The second-order valence-corrected chi connectivity index (χ2v) is 5.03. The first-order valence-electron chi connectivity index (χ1n) is 6.37. The fourth-order valence-corrected chi connectivity index (χ4v) is 1.96. The molecule has 7 heteroatoms. The number of carboxylic acids is 1. The standard InChI is InChI=1S/C14H16N2O4S/c1-9(2)20-12-5-3-4-10(14(17)18)11(12)8-19-13-6-7-16(21)15-13/h3-7,9,21H,8H2,1-2H3,(H,17,18). The number of hydrogen-bond donors (Lipinski definition) is 2. The Morgan fingerprint density at radius 1 is 1.43 bits per heavy atom. The van der Waals surface area contributed by atoms with Gasteiger partial charge in [-0.3, -0.25) is 0 Å². The van der Waals surface area contributed by atoms with Gasteiger partial charge in [-0.05, 0) is 38.8 Å². The topological polar surface area (TPSA) is 73.6 Å². The highest BCUT2D eigenvalue weighted by Gasteiger charge is 2.17. The van der Waals surface area contributed by atoms with Gasteiger partial charge in [0, 0.05) is 17.8 Å². The predicted molar refractivity (Wildman–Crippen MR) is 80.1 cm³/mol. The molecule has 0 aliphatic carbocycles. The van der Waals surface area contributed by atoms with Crippen LogP contribution in [0.2, 0.25) is 0 Å². The van der Waals surface area contributed by atoms with Crippen molar-refractivity contribution < 1.29 is 19.4 Å². The van der Waals surface area contributed by atoms with Gasteiger partial charge in [0.15, 0.2) is 0 Å². The molecule has 0 spiro atoms. The summed E-state index contributed by atoms with van der Waals surface area (Å²) < 4.78 is 12.5. The monoisotopic (exact) mass is 308 g/mol. The largest absolute Gasteiger partial charge is 0.491 e. The molecule has 1 N–H and O–H groups in total. The van der Waals surface area contributed by atoms with E-state index in [1.807, 2.05) is 13.8 Å². The first-order valence-corrected chi connectivity index (χ1v) is 6.77. The van der Waals surface area contributed by atoms with E-state index in [4.69, 9.17) is 9.47 Å². The van der Waals surface area contributed by atoms with E-state index >= 15 is 0 Å². The lowest BCUT2D eigenvalue weighted by atomic mass is 10.1. The summed E-state index contributed by atoms with van der Waals surface area (Å²) in [5.74, 6) is -0.168. The molecule has 0 aliphatic rings. The Morgan fingerprint density at radius 2 is 2.19 bits per heavy atom. The Bertz CT molecular complexity index is 640. The van der Waals surface area contributed by atoms with Crippen molar-refractivity contribution in [3.05, 3.63) is 41.6 Å². The van der Waals surface area contributed by atoms with Crippen LogP contribution >= 0.6 is 12.8 Å². The van der Waals surface area contributed by atoms with Crippen molar-refractivity contribution in [2.24, 2.45) is 0 Å². The number of carboxylic acid groups (broad SMARTS) is 1. The Kier molecular flexibility index (Phi) is 4.74. The zero-order valence-electron chi connectivity index (χ0n) is 11.7. The molecule has 0 atom stereocenters. The van der Waals surface area contributed by atoms with Crippen LogP contribution in [0, 0.1) is 0 Å². The number of thiol groups is 1. The van der Waals surface area contributed by atoms with E-state index < -0.39 is 5.97 Å². The van der Waals surface area contributed by atoms with Crippen molar-refractivity contribution in [2.45, 2.75) is 26.6 Å². The molecule has 0 aliphatic heterocycles. The minimum atomic E-state index is -1.03. The van der Waals surface area contributed by atoms with E-state index in [1.54, 1.807) is 24.4 Å². The van der Waals surface area contributed by atoms with Gasteiger partial charge in [0.1, 0.15) is 12.4 Å². The number of benzene rings is 1. The molecule has 2 aromatic rings. The van der Waals surface area contributed by atoms with E-state index in [2.05, 4.69) is 17.9 Å². The maximum absolute atomic E-state index is 11.3. The van der Waals surface area contributed by atoms with Crippen LogP contribution in [0.15, 0.2) is 30.5 Å². The molecule has 1 heterocycles. The molecule has 0 radical (unpaired) electrons. The van der Waals surface area contributed by atoms with Gasteiger partial charge >= 0.3 is 5.97 Å². The molecule has 1 aromatic heterocycles. The van der Waals surface area contributed by atoms with E-state index in [9.17, 15) is 9.90 Å². The molecule has 0 unspecified atom stereocenters. The lowest BCUT2D eigenvalue weighted by Crippen LogP contribution is -2.12. The molecule has 0 saturated heterocycles. The van der Waals surface area contributed by atoms with Gasteiger partial charge in [-0.2, -0.15) is 0 Å². The third-order valence-corrected chi connectivity index (χ3v) is 2.86. The number of ether oxygens (including phenoxy) is 2. The van der Waals surface area contributed by atoms with Crippen LogP contribution in [0.5, 0.6) is 11.6 Å². The predicted octanol–water partition coefficient (Wildman–Crippen LogP) is 2.64. The van der Waals surface area contributed by atoms with Crippen molar-refractivity contribution in [3.8, 4) is 11.6 Å². The summed E-state index contributed by atoms with van der Waals surface area (Å²) in [4.78, 5) is 11.3. The van der Waals surface area contributed by atoms with Crippen LogP contribution < -0.4 is 9.47 Å². The first-order chi connectivity index (χ1) is 9.97. The van der Waals surface area contributed by atoms with E-state index in [-0.39, 0.29) is 18.3 Å². The molecule has 2 rings (SSSR count). The number of carbonyl (C=O) groups is 1. The van der Waals surface area contributed by atoms with E-state index in [0.29, 0.717) is 17.2 Å². The third kappa shape index (κ3) is 3.91.